The van der Waals surface area contributed by atoms with Gasteiger partial charge in [-0.2, -0.15) is 0 Å². The number of halogens is 1. The normalized spacial score (nSPS) is 13.8. The van der Waals surface area contributed by atoms with Crippen molar-refractivity contribution in [3.63, 3.8) is 0 Å². The topological polar surface area (TPSA) is 62.3 Å². The molecule has 5 nitrogen and oxygen atoms in total. The molecule has 0 saturated carbocycles. The molecule has 146 valence electrons. The fourth-order valence-electron chi connectivity index (χ4n) is 3.56. The summed E-state index contributed by atoms with van der Waals surface area (Å²) in [5.41, 5.74) is 3.05. The first kappa shape index (κ1) is 18.8. The van der Waals surface area contributed by atoms with E-state index < -0.39 is 6.04 Å². The number of nitrogens with one attached hydrogen (secondary N) is 1. The molecule has 29 heavy (non-hydrogen) atoms. The summed E-state index contributed by atoms with van der Waals surface area (Å²) in [6, 6.07) is 18.4. The number of nitrogens with zero attached hydrogens (tertiary/aromatic N) is 2. The van der Waals surface area contributed by atoms with Gasteiger partial charge in [0.1, 0.15) is 5.82 Å². The second-order valence-corrected chi connectivity index (χ2v) is 6.96. The Hall–Kier alpha value is -3.54. The van der Waals surface area contributed by atoms with Crippen molar-refractivity contribution < 1.29 is 14.0 Å². The summed E-state index contributed by atoms with van der Waals surface area (Å²) < 4.78 is 13.4. The minimum Gasteiger partial charge on any atom is -0.350 e. The summed E-state index contributed by atoms with van der Waals surface area (Å²) in [5, 5.41) is 2.86. The number of benzene rings is 2. The number of pyridine rings is 1. The molecule has 1 atom stereocenters. The number of hydrogen-bond donors (Lipinski definition) is 1. The van der Waals surface area contributed by atoms with E-state index >= 15 is 0 Å². The van der Waals surface area contributed by atoms with Crippen LogP contribution in [0.4, 0.5) is 4.39 Å². The van der Waals surface area contributed by atoms with Crippen LogP contribution in [-0.2, 0) is 17.9 Å². The van der Waals surface area contributed by atoms with Crippen molar-refractivity contribution in [2.75, 3.05) is 0 Å². The zero-order valence-corrected chi connectivity index (χ0v) is 15.7. The lowest BCUT2D eigenvalue weighted by atomic mass is 10.0. The van der Waals surface area contributed by atoms with Gasteiger partial charge in [-0.05, 0) is 41.5 Å². The van der Waals surface area contributed by atoms with Gasteiger partial charge in [-0.25, -0.2) is 4.39 Å². The molecule has 3 aromatic rings. The zero-order valence-electron chi connectivity index (χ0n) is 15.7. The Morgan fingerprint density at radius 1 is 1.07 bits per heavy atom. The van der Waals surface area contributed by atoms with Gasteiger partial charge in [0.2, 0.25) is 5.91 Å². The van der Waals surface area contributed by atoms with Gasteiger partial charge in [-0.15, -0.1) is 0 Å². The number of fused-ring (bicyclic) bond motifs is 1. The standard InChI is InChI=1S/C23H20FN3O2/c24-18-10-8-16(9-11-18)21(13-22(28)26-14-19-6-3-4-12-25-19)27-15-17-5-1-2-7-20(17)23(27)29/h1-12,21H,13-15H2,(H,26,28)/t21-/m1/s1. The maximum absolute atomic E-state index is 13.4. The van der Waals surface area contributed by atoms with E-state index in [0.717, 1.165) is 16.8 Å². The van der Waals surface area contributed by atoms with Crippen LogP contribution < -0.4 is 5.32 Å². The van der Waals surface area contributed by atoms with E-state index in [1.807, 2.05) is 36.4 Å². The van der Waals surface area contributed by atoms with Gasteiger partial charge in [0.05, 0.1) is 24.7 Å². The van der Waals surface area contributed by atoms with Crippen LogP contribution in [0.3, 0.4) is 0 Å². The van der Waals surface area contributed by atoms with Crippen molar-refractivity contribution in [1.82, 2.24) is 15.2 Å². The van der Waals surface area contributed by atoms with E-state index in [1.165, 1.54) is 12.1 Å². The number of carbonyl (C=O) groups excluding carboxylic acids is 2. The molecule has 0 radical (unpaired) electrons. The fourth-order valence-corrected chi connectivity index (χ4v) is 3.56. The Morgan fingerprint density at radius 2 is 1.83 bits per heavy atom. The third-order valence-electron chi connectivity index (χ3n) is 5.05. The minimum atomic E-state index is -0.487. The Bertz CT molecular complexity index is 1020. The number of hydrogen-bond acceptors (Lipinski definition) is 3. The molecule has 1 aromatic heterocycles. The second-order valence-electron chi connectivity index (χ2n) is 6.96. The van der Waals surface area contributed by atoms with E-state index in [4.69, 9.17) is 0 Å². The average molecular weight is 389 g/mol. The van der Waals surface area contributed by atoms with Crippen molar-refractivity contribution in [2.24, 2.45) is 0 Å². The highest BCUT2D eigenvalue weighted by molar-refractivity contribution is 5.98. The Balaban J connectivity index is 1.54. The molecule has 1 aliphatic rings. The summed E-state index contributed by atoms with van der Waals surface area (Å²) >= 11 is 0. The van der Waals surface area contributed by atoms with Crippen LogP contribution >= 0.6 is 0 Å². The van der Waals surface area contributed by atoms with E-state index in [1.54, 1.807) is 29.3 Å². The molecular weight excluding hydrogens is 369 g/mol. The van der Waals surface area contributed by atoms with Crippen molar-refractivity contribution in [2.45, 2.75) is 25.6 Å². The molecule has 2 heterocycles. The Morgan fingerprint density at radius 3 is 2.55 bits per heavy atom. The van der Waals surface area contributed by atoms with Gasteiger partial charge in [0, 0.05) is 18.3 Å². The number of amides is 2. The van der Waals surface area contributed by atoms with E-state index in [9.17, 15) is 14.0 Å². The quantitative estimate of drug-likeness (QED) is 0.700. The van der Waals surface area contributed by atoms with Crippen LogP contribution in [0.1, 0.15) is 39.6 Å². The first-order valence-corrected chi connectivity index (χ1v) is 9.43. The van der Waals surface area contributed by atoms with Gasteiger partial charge in [-0.1, -0.05) is 36.4 Å². The molecule has 0 fully saturated rings. The predicted molar refractivity (Wildman–Crippen MR) is 106 cm³/mol. The smallest absolute Gasteiger partial charge is 0.255 e. The highest BCUT2D eigenvalue weighted by Gasteiger charge is 2.34. The Labute approximate surface area is 168 Å². The van der Waals surface area contributed by atoms with Gasteiger partial charge < -0.3 is 10.2 Å². The summed E-state index contributed by atoms with van der Waals surface area (Å²) in [6.45, 7) is 0.731. The fraction of sp³-hybridized carbons (Fsp3) is 0.174. The lowest BCUT2D eigenvalue weighted by Gasteiger charge is -2.28. The van der Waals surface area contributed by atoms with Crippen LogP contribution in [0.2, 0.25) is 0 Å². The molecule has 1 N–H and O–H groups in total. The second kappa shape index (κ2) is 8.22. The van der Waals surface area contributed by atoms with Crippen LogP contribution in [0.5, 0.6) is 0 Å². The first-order chi connectivity index (χ1) is 14.1. The molecule has 0 aliphatic carbocycles. The monoisotopic (exact) mass is 389 g/mol. The molecule has 4 rings (SSSR count). The van der Waals surface area contributed by atoms with Crippen molar-refractivity contribution in [3.05, 3.63) is 101 Å². The van der Waals surface area contributed by atoms with Gasteiger partial charge >= 0.3 is 0 Å². The predicted octanol–water partition coefficient (Wildman–Crippen LogP) is 3.62. The van der Waals surface area contributed by atoms with E-state index in [-0.39, 0.29) is 24.1 Å². The van der Waals surface area contributed by atoms with Crippen molar-refractivity contribution in [3.8, 4) is 0 Å². The molecule has 2 aromatic carbocycles. The molecule has 1 aliphatic heterocycles. The molecule has 2 amide bonds. The molecule has 0 bridgehead atoms. The lowest BCUT2D eigenvalue weighted by Crippen LogP contribution is -2.34. The highest BCUT2D eigenvalue weighted by atomic mass is 19.1. The SMILES string of the molecule is O=C(C[C@H](c1ccc(F)cc1)N1Cc2ccccc2C1=O)NCc1ccccn1. The van der Waals surface area contributed by atoms with Crippen LogP contribution in [-0.4, -0.2) is 21.7 Å². The third-order valence-corrected chi connectivity index (χ3v) is 5.05. The summed E-state index contributed by atoms with van der Waals surface area (Å²) in [4.78, 5) is 31.5. The molecular formula is C23H20FN3O2. The summed E-state index contributed by atoms with van der Waals surface area (Å²) in [6.07, 6.45) is 1.75. The third kappa shape index (κ3) is 4.16. The summed E-state index contributed by atoms with van der Waals surface area (Å²) in [5.74, 6) is -0.677. The average Bonchev–Trinajstić information content (AvgIpc) is 3.08. The molecule has 6 heteroatoms. The minimum absolute atomic E-state index is 0.0815. The lowest BCUT2D eigenvalue weighted by molar-refractivity contribution is -0.122. The van der Waals surface area contributed by atoms with Gasteiger partial charge in [-0.3, -0.25) is 14.6 Å². The Kier molecular flexibility index (Phi) is 5.33. The maximum Gasteiger partial charge on any atom is 0.255 e. The number of carbonyl (C=O) groups is 2. The molecule has 0 saturated heterocycles. The van der Waals surface area contributed by atoms with Crippen molar-refractivity contribution in [1.29, 1.82) is 0 Å². The van der Waals surface area contributed by atoms with E-state index in [0.29, 0.717) is 18.7 Å². The summed E-state index contributed by atoms with van der Waals surface area (Å²) in [7, 11) is 0. The van der Waals surface area contributed by atoms with Crippen molar-refractivity contribution >= 4 is 11.8 Å². The highest BCUT2D eigenvalue weighted by Crippen LogP contribution is 2.33. The maximum atomic E-state index is 13.4. The number of rotatable bonds is 6. The van der Waals surface area contributed by atoms with Crippen LogP contribution in [0, 0.1) is 5.82 Å². The number of aromatic nitrogens is 1. The van der Waals surface area contributed by atoms with Gasteiger partial charge in [0.25, 0.3) is 5.91 Å². The van der Waals surface area contributed by atoms with E-state index in [2.05, 4.69) is 10.3 Å². The van der Waals surface area contributed by atoms with Crippen LogP contribution in [0.15, 0.2) is 72.9 Å². The largest absolute Gasteiger partial charge is 0.350 e. The zero-order chi connectivity index (χ0) is 20.2. The molecule has 0 spiro atoms. The molecule has 0 unspecified atom stereocenters. The first-order valence-electron chi connectivity index (χ1n) is 9.43. The van der Waals surface area contributed by atoms with Gasteiger partial charge in [0.15, 0.2) is 0 Å². The van der Waals surface area contributed by atoms with Crippen LogP contribution in [0.25, 0.3) is 0 Å².